The van der Waals surface area contributed by atoms with Crippen molar-refractivity contribution in [3.63, 3.8) is 0 Å². The van der Waals surface area contributed by atoms with Gasteiger partial charge in [-0.15, -0.1) is 0 Å². The Kier molecular flexibility index (Phi) is 6.37. The zero-order chi connectivity index (χ0) is 27.4. The summed E-state index contributed by atoms with van der Waals surface area (Å²) in [6.45, 7) is 2.63. The average molecular weight is 579 g/mol. The Hall–Kier alpha value is -3.66. The Morgan fingerprint density at radius 3 is 2.58 bits per heavy atom. The molecule has 4 aromatic rings. The number of pyridine rings is 2. The Morgan fingerprint density at radius 1 is 1.12 bits per heavy atom. The van der Waals surface area contributed by atoms with Crippen molar-refractivity contribution in [2.24, 2.45) is 5.92 Å². The topological polar surface area (TPSA) is 111 Å². The first-order valence-electron chi connectivity index (χ1n) is 13.1. The van der Waals surface area contributed by atoms with E-state index in [4.69, 9.17) is 37.2 Å². The van der Waals surface area contributed by atoms with Gasteiger partial charge in [-0.3, -0.25) is 4.98 Å². The number of rotatable bonds is 8. The van der Waals surface area contributed by atoms with Crippen molar-refractivity contribution in [2.45, 2.75) is 24.9 Å². The summed E-state index contributed by atoms with van der Waals surface area (Å²) < 4.78 is 17.0. The van der Waals surface area contributed by atoms with Gasteiger partial charge in [0, 0.05) is 65.6 Å². The van der Waals surface area contributed by atoms with Crippen LogP contribution >= 0.6 is 23.2 Å². The van der Waals surface area contributed by atoms with Crippen LogP contribution in [0.2, 0.25) is 10.0 Å². The standard InChI is InChI=1S/C29H24Cl2N4O5/c30-21-9-32-10-22(31)26(21)27-19(28(40-34-27)16-2-3-16)5-1-15-11-35(12-15)17-4-6-23-20(7-17)25(39-18-13-38-14-18)8-24(33-23)29(36)37/h1,4-10,15-16,18H,2-3,11-14H2,(H,36,37)/b5-1+. The fourth-order valence-electron chi connectivity index (χ4n) is 5.05. The van der Waals surface area contributed by atoms with Crippen LogP contribution in [0.3, 0.4) is 0 Å². The molecule has 0 bridgehead atoms. The second-order valence-electron chi connectivity index (χ2n) is 10.4. The number of fused-ring (bicyclic) bond motifs is 1. The van der Waals surface area contributed by atoms with Crippen molar-refractivity contribution in [3.05, 3.63) is 69.8 Å². The molecule has 1 aromatic carbocycles. The molecule has 0 radical (unpaired) electrons. The zero-order valence-corrected chi connectivity index (χ0v) is 22.7. The van der Waals surface area contributed by atoms with Gasteiger partial charge in [-0.05, 0) is 31.0 Å². The van der Waals surface area contributed by atoms with E-state index in [1.54, 1.807) is 12.4 Å². The fourth-order valence-corrected chi connectivity index (χ4v) is 5.60. The van der Waals surface area contributed by atoms with Crippen LogP contribution in [0.25, 0.3) is 28.2 Å². The Morgan fingerprint density at radius 2 is 1.90 bits per heavy atom. The van der Waals surface area contributed by atoms with Crippen LogP contribution in [0.4, 0.5) is 5.69 Å². The monoisotopic (exact) mass is 578 g/mol. The summed E-state index contributed by atoms with van der Waals surface area (Å²) in [5.41, 5.74) is 3.75. The third kappa shape index (κ3) is 4.68. The molecule has 0 spiro atoms. The number of benzene rings is 1. The SMILES string of the molecule is O=C(O)c1cc(OC2COC2)c2cc(N3CC(/C=C/c4c(-c5c(Cl)cncc5Cl)noc4C4CC4)C3)ccc2n1. The maximum absolute atomic E-state index is 11.6. The minimum atomic E-state index is -1.09. The molecule has 11 heteroatoms. The predicted octanol–water partition coefficient (Wildman–Crippen LogP) is 6.09. The lowest BCUT2D eigenvalue weighted by molar-refractivity contribution is -0.0791. The van der Waals surface area contributed by atoms with Crippen LogP contribution < -0.4 is 9.64 Å². The lowest BCUT2D eigenvalue weighted by Gasteiger charge is -2.40. The highest BCUT2D eigenvalue weighted by atomic mass is 35.5. The number of hydrogen-bond acceptors (Lipinski definition) is 8. The molecule has 3 fully saturated rings. The van der Waals surface area contributed by atoms with Crippen molar-refractivity contribution < 1.29 is 23.9 Å². The molecule has 1 saturated carbocycles. The van der Waals surface area contributed by atoms with Crippen molar-refractivity contribution in [1.82, 2.24) is 15.1 Å². The summed E-state index contributed by atoms with van der Waals surface area (Å²) >= 11 is 12.9. The zero-order valence-electron chi connectivity index (χ0n) is 21.2. The van der Waals surface area contributed by atoms with E-state index < -0.39 is 5.97 Å². The number of aromatic nitrogens is 3. The van der Waals surface area contributed by atoms with E-state index in [9.17, 15) is 9.90 Å². The Labute approximate surface area is 239 Å². The number of carboxylic acids is 1. The van der Waals surface area contributed by atoms with Crippen molar-refractivity contribution in [3.8, 4) is 17.0 Å². The second kappa shape index (κ2) is 10.1. The molecule has 9 nitrogen and oxygen atoms in total. The van der Waals surface area contributed by atoms with Gasteiger partial charge in [0.2, 0.25) is 0 Å². The number of carbonyl (C=O) groups is 1. The van der Waals surface area contributed by atoms with Gasteiger partial charge in [-0.2, -0.15) is 0 Å². The predicted molar refractivity (Wildman–Crippen MR) is 150 cm³/mol. The minimum Gasteiger partial charge on any atom is -0.485 e. The Bertz CT molecular complexity index is 1640. The van der Waals surface area contributed by atoms with Gasteiger partial charge in [0.25, 0.3) is 0 Å². The minimum absolute atomic E-state index is 0.0438. The first-order valence-corrected chi connectivity index (χ1v) is 13.8. The highest BCUT2D eigenvalue weighted by Gasteiger charge is 2.33. The third-order valence-electron chi connectivity index (χ3n) is 7.48. The molecule has 204 valence electrons. The summed E-state index contributed by atoms with van der Waals surface area (Å²) in [5.74, 6) is 0.986. The van der Waals surface area contributed by atoms with Crippen LogP contribution in [0, 0.1) is 5.92 Å². The third-order valence-corrected chi connectivity index (χ3v) is 8.05. The molecule has 2 aliphatic heterocycles. The van der Waals surface area contributed by atoms with Crippen LogP contribution in [-0.2, 0) is 4.74 Å². The first kappa shape index (κ1) is 25.3. The van der Waals surface area contributed by atoms with E-state index in [0.717, 1.165) is 48.3 Å². The Balaban J connectivity index is 1.12. The number of ether oxygens (including phenoxy) is 2. The second-order valence-corrected chi connectivity index (χ2v) is 11.2. The van der Waals surface area contributed by atoms with Crippen LogP contribution in [0.1, 0.15) is 40.6 Å². The molecular weight excluding hydrogens is 555 g/mol. The van der Waals surface area contributed by atoms with E-state index in [2.05, 4.69) is 32.2 Å². The molecule has 0 unspecified atom stereocenters. The van der Waals surface area contributed by atoms with Gasteiger partial charge in [0.1, 0.15) is 23.3 Å². The van der Waals surface area contributed by atoms with E-state index in [1.165, 1.54) is 6.07 Å². The number of anilines is 1. The normalized spacial score (nSPS) is 17.8. The molecule has 5 heterocycles. The number of halogens is 2. The molecule has 40 heavy (non-hydrogen) atoms. The molecule has 2 saturated heterocycles. The average Bonchev–Trinajstić information content (AvgIpc) is 3.65. The molecule has 3 aromatic heterocycles. The highest BCUT2D eigenvalue weighted by molar-refractivity contribution is 6.39. The van der Waals surface area contributed by atoms with Gasteiger partial charge in [-0.25, -0.2) is 9.78 Å². The summed E-state index contributed by atoms with van der Waals surface area (Å²) in [7, 11) is 0. The number of nitrogens with zero attached hydrogens (tertiary/aromatic N) is 4. The van der Waals surface area contributed by atoms with Gasteiger partial charge < -0.3 is 24.0 Å². The van der Waals surface area contributed by atoms with Crippen molar-refractivity contribution >= 4 is 51.8 Å². The number of aromatic carboxylic acids is 1. The lowest BCUT2D eigenvalue weighted by Crippen LogP contribution is -2.45. The summed E-state index contributed by atoms with van der Waals surface area (Å²) in [5, 5.41) is 15.5. The van der Waals surface area contributed by atoms with Gasteiger partial charge >= 0.3 is 5.97 Å². The van der Waals surface area contributed by atoms with Crippen LogP contribution in [-0.4, -0.2) is 58.6 Å². The van der Waals surface area contributed by atoms with Crippen LogP contribution in [0.5, 0.6) is 5.75 Å². The molecule has 0 atom stereocenters. The molecule has 1 N–H and O–H groups in total. The summed E-state index contributed by atoms with van der Waals surface area (Å²) in [4.78, 5) is 22.2. The van der Waals surface area contributed by atoms with Gasteiger partial charge in [0.15, 0.2) is 5.69 Å². The van der Waals surface area contributed by atoms with E-state index >= 15 is 0 Å². The van der Waals surface area contributed by atoms with Gasteiger partial charge in [-0.1, -0.05) is 40.5 Å². The van der Waals surface area contributed by atoms with Gasteiger partial charge in [0.05, 0.1) is 28.8 Å². The molecule has 7 rings (SSSR count). The first-order chi connectivity index (χ1) is 19.4. The maximum atomic E-state index is 11.6. The number of carboxylic acid groups (broad SMARTS) is 1. The fraction of sp³-hybridized carbons (Fsp3) is 0.310. The maximum Gasteiger partial charge on any atom is 0.354 e. The summed E-state index contributed by atoms with van der Waals surface area (Å²) in [6.07, 6.45) is 9.46. The smallest absolute Gasteiger partial charge is 0.354 e. The molecule has 3 aliphatic rings. The number of hydrogen-bond donors (Lipinski definition) is 1. The van der Waals surface area contributed by atoms with Crippen molar-refractivity contribution in [2.75, 3.05) is 31.2 Å². The molecule has 1 aliphatic carbocycles. The van der Waals surface area contributed by atoms with E-state index in [0.29, 0.717) is 57.6 Å². The van der Waals surface area contributed by atoms with E-state index in [1.807, 2.05) is 18.2 Å². The molecule has 0 amide bonds. The van der Waals surface area contributed by atoms with Crippen molar-refractivity contribution in [1.29, 1.82) is 0 Å². The highest BCUT2D eigenvalue weighted by Crippen LogP contribution is 2.46. The lowest BCUT2D eigenvalue weighted by atomic mass is 9.96. The largest absolute Gasteiger partial charge is 0.485 e. The quantitative estimate of drug-likeness (QED) is 0.265. The molecular formula is C29H24Cl2N4O5. The van der Waals surface area contributed by atoms with E-state index in [-0.39, 0.29) is 11.8 Å². The summed E-state index contributed by atoms with van der Waals surface area (Å²) in [6, 6.07) is 7.31. The van der Waals surface area contributed by atoms with Crippen LogP contribution in [0.15, 0.2) is 47.3 Å².